The molecular weight excluding hydrogens is 272 g/mol. The number of carbonyl (C=O) groups is 2. The van der Waals surface area contributed by atoms with Gasteiger partial charge in [-0.3, -0.25) is 9.59 Å². The predicted octanol–water partition coefficient (Wildman–Crippen LogP) is 0.459. The first-order chi connectivity index (χ1) is 10.2. The number of carbonyl (C=O) groups excluding carboxylic acids is 2. The number of esters is 1. The van der Waals surface area contributed by atoms with Crippen LogP contribution < -0.4 is 10.6 Å². The SMILES string of the molecule is CCOC(=O)C1CCC(NC(=O)C2COCC2NC)CC1. The molecule has 1 aliphatic carbocycles. The van der Waals surface area contributed by atoms with Gasteiger partial charge in [0, 0.05) is 12.1 Å². The summed E-state index contributed by atoms with van der Waals surface area (Å²) in [7, 11) is 1.85. The Morgan fingerprint density at radius 1 is 1.19 bits per heavy atom. The lowest BCUT2D eigenvalue weighted by molar-refractivity contribution is -0.149. The fourth-order valence-electron chi connectivity index (χ4n) is 3.14. The molecule has 0 spiro atoms. The van der Waals surface area contributed by atoms with Crippen LogP contribution in [0.3, 0.4) is 0 Å². The number of hydrogen-bond donors (Lipinski definition) is 2. The van der Waals surface area contributed by atoms with Crippen LogP contribution in [0.4, 0.5) is 0 Å². The van der Waals surface area contributed by atoms with Crippen molar-refractivity contribution >= 4 is 11.9 Å². The van der Waals surface area contributed by atoms with Crippen molar-refractivity contribution in [2.45, 2.75) is 44.7 Å². The van der Waals surface area contributed by atoms with E-state index < -0.39 is 0 Å². The highest BCUT2D eigenvalue weighted by Gasteiger charge is 2.35. The number of nitrogens with one attached hydrogen (secondary N) is 2. The Labute approximate surface area is 125 Å². The van der Waals surface area contributed by atoms with Gasteiger partial charge in [0.1, 0.15) is 0 Å². The molecule has 0 aromatic rings. The Morgan fingerprint density at radius 2 is 1.90 bits per heavy atom. The van der Waals surface area contributed by atoms with Crippen molar-refractivity contribution in [1.29, 1.82) is 0 Å². The summed E-state index contributed by atoms with van der Waals surface area (Å²) in [6.07, 6.45) is 3.26. The van der Waals surface area contributed by atoms with Crippen molar-refractivity contribution in [2.75, 3.05) is 26.9 Å². The van der Waals surface area contributed by atoms with Crippen LogP contribution in [-0.4, -0.2) is 50.8 Å². The minimum atomic E-state index is -0.113. The summed E-state index contributed by atoms with van der Waals surface area (Å²) in [5, 5.41) is 6.23. The summed E-state index contributed by atoms with van der Waals surface area (Å²) in [6.45, 7) is 3.33. The molecule has 1 amide bonds. The second kappa shape index (κ2) is 7.75. The van der Waals surface area contributed by atoms with E-state index in [1.165, 1.54) is 0 Å². The first-order valence-corrected chi connectivity index (χ1v) is 7.87. The monoisotopic (exact) mass is 298 g/mol. The molecule has 120 valence electrons. The number of hydrogen-bond acceptors (Lipinski definition) is 5. The quantitative estimate of drug-likeness (QED) is 0.721. The van der Waals surface area contributed by atoms with Crippen LogP contribution in [0.15, 0.2) is 0 Å². The molecule has 2 fully saturated rings. The molecule has 0 bridgehead atoms. The Bertz CT molecular complexity index is 367. The van der Waals surface area contributed by atoms with Gasteiger partial charge in [-0.15, -0.1) is 0 Å². The minimum absolute atomic E-state index is 0.00188. The van der Waals surface area contributed by atoms with Gasteiger partial charge in [0.15, 0.2) is 0 Å². The molecule has 1 aliphatic heterocycles. The van der Waals surface area contributed by atoms with E-state index in [0.29, 0.717) is 19.8 Å². The van der Waals surface area contributed by atoms with Gasteiger partial charge in [0.25, 0.3) is 0 Å². The molecule has 1 saturated heterocycles. The first-order valence-electron chi connectivity index (χ1n) is 7.87. The highest BCUT2D eigenvalue weighted by Crippen LogP contribution is 2.26. The number of ether oxygens (including phenoxy) is 2. The van der Waals surface area contributed by atoms with Gasteiger partial charge in [-0.2, -0.15) is 0 Å². The summed E-state index contributed by atoms with van der Waals surface area (Å²) in [4.78, 5) is 24.0. The lowest BCUT2D eigenvalue weighted by Crippen LogP contribution is -2.47. The minimum Gasteiger partial charge on any atom is -0.466 e. The second-order valence-corrected chi connectivity index (χ2v) is 5.85. The summed E-state index contributed by atoms with van der Waals surface area (Å²) >= 11 is 0. The van der Waals surface area contributed by atoms with Crippen LogP contribution in [0, 0.1) is 11.8 Å². The molecule has 2 atom stereocenters. The summed E-state index contributed by atoms with van der Waals surface area (Å²) in [5.41, 5.74) is 0. The van der Waals surface area contributed by atoms with Gasteiger partial charge in [-0.1, -0.05) is 0 Å². The fraction of sp³-hybridized carbons (Fsp3) is 0.867. The highest BCUT2D eigenvalue weighted by atomic mass is 16.5. The maximum atomic E-state index is 12.3. The third-order valence-corrected chi connectivity index (χ3v) is 4.48. The Morgan fingerprint density at radius 3 is 2.52 bits per heavy atom. The molecule has 21 heavy (non-hydrogen) atoms. The van der Waals surface area contributed by atoms with Crippen LogP contribution in [0.2, 0.25) is 0 Å². The molecule has 1 heterocycles. The van der Waals surface area contributed by atoms with Crippen molar-refractivity contribution in [1.82, 2.24) is 10.6 Å². The molecule has 0 aromatic carbocycles. The molecule has 2 rings (SSSR count). The van der Waals surface area contributed by atoms with E-state index in [-0.39, 0.29) is 35.8 Å². The van der Waals surface area contributed by atoms with Crippen molar-refractivity contribution in [3.05, 3.63) is 0 Å². The lowest BCUT2D eigenvalue weighted by atomic mass is 9.85. The van der Waals surface area contributed by atoms with Crippen molar-refractivity contribution in [3.63, 3.8) is 0 Å². The van der Waals surface area contributed by atoms with Crippen LogP contribution >= 0.6 is 0 Å². The van der Waals surface area contributed by atoms with Crippen LogP contribution in [0.25, 0.3) is 0 Å². The largest absolute Gasteiger partial charge is 0.466 e. The second-order valence-electron chi connectivity index (χ2n) is 5.85. The van der Waals surface area contributed by atoms with Crippen molar-refractivity contribution < 1.29 is 19.1 Å². The standard InChI is InChI=1S/C15H26N2O4/c1-3-21-15(19)10-4-6-11(7-5-10)17-14(18)12-8-20-9-13(12)16-2/h10-13,16H,3-9H2,1-2H3,(H,17,18). The van der Waals surface area contributed by atoms with E-state index in [9.17, 15) is 9.59 Å². The Balaban J connectivity index is 1.75. The Hall–Kier alpha value is -1.14. The molecule has 0 radical (unpaired) electrons. The van der Waals surface area contributed by atoms with Crippen LogP contribution in [0.1, 0.15) is 32.6 Å². The molecule has 0 aromatic heterocycles. The van der Waals surface area contributed by atoms with E-state index >= 15 is 0 Å². The van der Waals surface area contributed by atoms with E-state index in [1.54, 1.807) is 0 Å². The van der Waals surface area contributed by atoms with Gasteiger partial charge in [0.05, 0.1) is 31.7 Å². The number of amides is 1. The average molecular weight is 298 g/mol. The third-order valence-electron chi connectivity index (χ3n) is 4.48. The molecule has 6 heteroatoms. The lowest BCUT2D eigenvalue weighted by Gasteiger charge is -2.29. The summed E-state index contributed by atoms with van der Waals surface area (Å²) in [6, 6.07) is 0.266. The van der Waals surface area contributed by atoms with Gasteiger partial charge < -0.3 is 20.1 Å². The van der Waals surface area contributed by atoms with E-state index in [0.717, 1.165) is 25.7 Å². The van der Waals surface area contributed by atoms with Gasteiger partial charge >= 0.3 is 5.97 Å². The fourth-order valence-corrected chi connectivity index (χ4v) is 3.14. The van der Waals surface area contributed by atoms with Crippen LogP contribution in [-0.2, 0) is 19.1 Å². The highest BCUT2D eigenvalue weighted by molar-refractivity contribution is 5.80. The maximum absolute atomic E-state index is 12.3. The normalized spacial score (nSPS) is 32.7. The summed E-state index contributed by atoms with van der Waals surface area (Å²) < 4.78 is 10.4. The molecule has 2 aliphatic rings. The number of rotatable bonds is 5. The van der Waals surface area contributed by atoms with Crippen molar-refractivity contribution in [3.8, 4) is 0 Å². The van der Waals surface area contributed by atoms with Gasteiger partial charge in [0.2, 0.25) is 5.91 Å². The van der Waals surface area contributed by atoms with Gasteiger partial charge in [-0.05, 0) is 39.7 Å². The zero-order valence-corrected chi connectivity index (χ0v) is 12.9. The van der Waals surface area contributed by atoms with Gasteiger partial charge in [-0.25, -0.2) is 0 Å². The molecule has 2 N–H and O–H groups in total. The Kier molecular flexibility index (Phi) is 5.99. The predicted molar refractivity (Wildman–Crippen MR) is 77.7 cm³/mol. The van der Waals surface area contributed by atoms with Crippen LogP contribution in [0.5, 0.6) is 0 Å². The molecule has 6 nitrogen and oxygen atoms in total. The van der Waals surface area contributed by atoms with E-state index in [1.807, 2.05) is 14.0 Å². The van der Waals surface area contributed by atoms with E-state index in [4.69, 9.17) is 9.47 Å². The number of likely N-dealkylation sites (N-methyl/N-ethyl adjacent to an activating group) is 1. The molecular formula is C15H26N2O4. The zero-order valence-electron chi connectivity index (χ0n) is 12.9. The molecule has 1 saturated carbocycles. The topological polar surface area (TPSA) is 76.7 Å². The third kappa shape index (κ3) is 4.17. The zero-order chi connectivity index (χ0) is 15.2. The molecule has 2 unspecified atom stereocenters. The summed E-state index contributed by atoms with van der Waals surface area (Å²) in [5.74, 6) is -0.149. The first kappa shape index (κ1) is 16.2. The van der Waals surface area contributed by atoms with Crippen molar-refractivity contribution in [2.24, 2.45) is 11.8 Å². The van der Waals surface area contributed by atoms with E-state index in [2.05, 4.69) is 10.6 Å². The smallest absolute Gasteiger partial charge is 0.308 e. The average Bonchev–Trinajstić information content (AvgIpc) is 2.97. The maximum Gasteiger partial charge on any atom is 0.308 e.